The molecule has 3 N–H and O–H groups in total. The number of rotatable bonds is 6. The molecule has 0 saturated heterocycles. The minimum Gasteiger partial charge on any atom is -0.379 e. The predicted octanol–water partition coefficient (Wildman–Crippen LogP) is 2.42. The first-order valence-corrected chi connectivity index (χ1v) is 6.21. The second-order valence-electron chi connectivity index (χ2n) is 4.68. The molecule has 0 aliphatic carbocycles. The molecule has 1 aromatic carbocycles. The molecule has 3 nitrogen and oxygen atoms in total. The number of nitrogens with two attached hydrogens (primary N) is 1. The molecule has 17 heavy (non-hydrogen) atoms. The number of hydrogen-bond donors (Lipinski definition) is 2. The molecule has 2 unspecified atom stereocenters. The van der Waals surface area contributed by atoms with Crippen LogP contribution in [0.15, 0.2) is 24.3 Å². The zero-order valence-corrected chi connectivity index (χ0v) is 11.2. The highest BCUT2D eigenvalue weighted by Gasteiger charge is 2.24. The molecule has 0 aliphatic heterocycles. The van der Waals surface area contributed by atoms with E-state index < -0.39 is 0 Å². The number of hydrazine groups is 1. The first-order valence-electron chi connectivity index (χ1n) is 6.21. The summed E-state index contributed by atoms with van der Waals surface area (Å²) in [5.41, 5.74) is 5.37. The van der Waals surface area contributed by atoms with Gasteiger partial charge in [-0.25, -0.2) is 0 Å². The van der Waals surface area contributed by atoms with E-state index in [1.807, 2.05) is 0 Å². The first-order chi connectivity index (χ1) is 8.13. The van der Waals surface area contributed by atoms with Gasteiger partial charge in [-0.2, -0.15) is 0 Å². The summed E-state index contributed by atoms with van der Waals surface area (Å²) >= 11 is 0. The van der Waals surface area contributed by atoms with E-state index in [-0.39, 0.29) is 12.1 Å². The summed E-state index contributed by atoms with van der Waals surface area (Å²) in [5, 5.41) is 0. The van der Waals surface area contributed by atoms with E-state index >= 15 is 0 Å². The molecule has 0 bridgehead atoms. The van der Waals surface area contributed by atoms with Crippen LogP contribution in [0, 0.1) is 5.92 Å². The second-order valence-corrected chi connectivity index (χ2v) is 4.68. The Balaban J connectivity index is 2.91. The predicted molar refractivity (Wildman–Crippen MR) is 71.5 cm³/mol. The second kappa shape index (κ2) is 6.74. The fraction of sp³-hybridized carbons (Fsp3) is 0.571. The van der Waals surface area contributed by atoms with Crippen LogP contribution in [0.25, 0.3) is 0 Å². The van der Waals surface area contributed by atoms with Crippen LogP contribution in [0.1, 0.15) is 37.9 Å². The van der Waals surface area contributed by atoms with Crippen molar-refractivity contribution >= 4 is 0 Å². The van der Waals surface area contributed by atoms with E-state index in [9.17, 15) is 0 Å². The zero-order valence-electron chi connectivity index (χ0n) is 11.2. The SMILES string of the molecule is CCc1ccc(C(NN)C(OC)C(C)C)cc1. The van der Waals surface area contributed by atoms with E-state index in [0.29, 0.717) is 5.92 Å². The Morgan fingerprint density at radius 3 is 2.18 bits per heavy atom. The number of aryl methyl sites for hydroxylation is 1. The van der Waals surface area contributed by atoms with Crippen LogP contribution in [-0.4, -0.2) is 13.2 Å². The molecule has 0 radical (unpaired) electrons. The van der Waals surface area contributed by atoms with Crippen molar-refractivity contribution in [1.82, 2.24) is 5.43 Å². The van der Waals surface area contributed by atoms with E-state index in [2.05, 4.69) is 50.5 Å². The maximum Gasteiger partial charge on any atom is 0.0801 e. The molecule has 1 aromatic rings. The third-order valence-electron chi connectivity index (χ3n) is 3.18. The van der Waals surface area contributed by atoms with Crippen molar-refractivity contribution in [2.24, 2.45) is 11.8 Å². The molecular formula is C14H24N2O. The molecule has 0 heterocycles. The van der Waals surface area contributed by atoms with Gasteiger partial charge in [0.2, 0.25) is 0 Å². The first kappa shape index (κ1) is 14.2. The van der Waals surface area contributed by atoms with Gasteiger partial charge in [0.05, 0.1) is 12.1 Å². The number of hydrogen-bond acceptors (Lipinski definition) is 3. The van der Waals surface area contributed by atoms with Crippen LogP contribution in [0.3, 0.4) is 0 Å². The fourth-order valence-electron chi connectivity index (χ4n) is 2.13. The van der Waals surface area contributed by atoms with Crippen molar-refractivity contribution in [3.05, 3.63) is 35.4 Å². The monoisotopic (exact) mass is 236 g/mol. The molecule has 96 valence electrons. The van der Waals surface area contributed by atoms with Crippen molar-refractivity contribution in [1.29, 1.82) is 0 Å². The third-order valence-corrected chi connectivity index (χ3v) is 3.18. The topological polar surface area (TPSA) is 47.3 Å². The fourth-order valence-corrected chi connectivity index (χ4v) is 2.13. The highest BCUT2D eigenvalue weighted by Crippen LogP contribution is 2.24. The molecule has 3 heteroatoms. The average Bonchev–Trinajstić information content (AvgIpc) is 2.35. The lowest BCUT2D eigenvalue weighted by atomic mass is 9.93. The van der Waals surface area contributed by atoms with Gasteiger partial charge in [0.25, 0.3) is 0 Å². The summed E-state index contributed by atoms with van der Waals surface area (Å²) < 4.78 is 5.53. The van der Waals surface area contributed by atoms with Gasteiger partial charge in [-0.15, -0.1) is 0 Å². The molecule has 0 amide bonds. The van der Waals surface area contributed by atoms with E-state index in [1.165, 1.54) is 11.1 Å². The van der Waals surface area contributed by atoms with E-state index in [1.54, 1.807) is 7.11 Å². The summed E-state index contributed by atoms with van der Waals surface area (Å²) in [4.78, 5) is 0. The van der Waals surface area contributed by atoms with E-state index in [4.69, 9.17) is 10.6 Å². The van der Waals surface area contributed by atoms with Crippen LogP contribution >= 0.6 is 0 Å². The lowest BCUT2D eigenvalue weighted by Crippen LogP contribution is -2.40. The Kier molecular flexibility index (Phi) is 5.62. The maximum atomic E-state index is 5.66. The van der Waals surface area contributed by atoms with Crippen molar-refractivity contribution in [2.75, 3.05) is 7.11 Å². The highest BCUT2D eigenvalue weighted by molar-refractivity contribution is 5.25. The lowest BCUT2D eigenvalue weighted by molar-refractivity contribution is 0.0326. The lowest BCUT2D eigenvalue weighted by Gasteiger charge is -2.28. The molecule has 0 spiro atoms. The maximum absolute atomic E-state index is 5.66. The van der Waals surface area contributed by atoms with Crippen molar-refractivity contribution in [2.45, 2.75) is 39.3 Å². The Labute approximate surface area is 104 Å². The van der Waals surface area contributed by atoms with Gasteiger partial charge in [-0.05, 0) is 23.5 Å². The Hall–Kier alpha value is -0.900. The van der Waals surface area contributed by atoms with Gasteiger partial charge in [0.15, 0.2) is 0 Å². The van der Waals surface area contributed by atoms with Crippen molar-refractivity contribution < 1.29 is 4.74 Å². The van der Waals surface area contributed by atoms with Gasteiger partial charge in [-0.1, -0.05) is 45.0 Å². The van der Waals surface area contributed by atoms with Crippen molar-refractivity contribution in [3.8, 4) is 0 Å². The summed E-state index contributed by atoms with van der Waals surface area (Å²) in [6.07, 6.45) is 1.13. The third kappa shape index (κ3) is 3.53. The molecule has 2 atom stereocenters. The number of nitrogens with one attached hydrogen (secondary N) is 1. The van der Waals surface area contributed by atoms with Gasteiger partial charge >= 0.3 is 0 Å². The number of benzene rings is 1. The minimum atomic E-state index is 0.0332. The van der Waals surface area contributed by atoms with Crippen LogP contribution in [0.4, 0.5) is 0 Å². The average molecular weight is 236 g/mol. The van der Waals surface area contributed by atoms with Crippen LogP contribution in [0.2, 0.25) is 0 Å². The highest BCUT2D eigenvalue weighted by atomic mass is 16.5. The normalized spacial score (nSPS) is 14.9. The summed E-state index contributed by atoms with van der Waals surface area (Å²) in [6.45, 7) is 6.43. The van der Waals surface area contributed by atoms with Crippen LogP contribution in [0.5, 0.6) is 0 Å². The standard InChI is InChI=1S/C14H24N2O/c1-5-11-6-8-12(9-7-11)13(16-15)14(17-4)10(2)3/h6-10,13-14,16H,5,15H2,1-4H3. The quantitative estimate of drug-likeness (QED) is 0.589. The van der Waals surface area contributed by atoms with Gasteiger partial charge in [0.1, 0.15) is 0 Å². The molecule has 0 aliphatic rings. The van der Waals surface area contributed by atoms with Crippen LogP contribution in [-0.2, 0) is 11.2 Å². The zero-order chi connectivity index (χ0) is 12.8. The molecule has 0 fully saturated rings. The number of ether oxygens (including phenoxy) is 1. The summed E-state index contributed by atoms with van der Waals surface area (Å²) in [6, 6.07) is 8.57. The molecule has 0 aromatic heterocycles. The molecule has 1 rings (SSSR count). The van der Waals surface area contributed by atoms with Gasteiger partial charge < -0.3 is 4.74 Å². The Bertz CT molecular complexity index is 321. The molecule has 0 saturated carbocycles. The Morgan fingerprint density at radius 1 is 1.24 bits per heavy atom. The van der Waals surface area contributed by atoms with E-state index in [0.717, 1.165) is 6.42 Å². The molecular weight excluding hydrogens is 212 g/mol. The summed E-state index contributed by atoms with van der Waals surface area (Å²) in [5.74, 6) is 6.07. The largest absolute Gasteiger partial charge is 0.379 e. The van der Waals surface area contributed by atoms with Crippen molar-refractivity contribution in [3.63, 3.8) is 0 Å². The van der Waals surface area contributed by atoms with Gasteiger partial charge in [-0.3, -0.25) is 11.3 Å². The number of methoxy groups -OCH3 is 1. The Morgan fingerprint density at radius 2 is 1.82 bits per heavy atom. The smallest absolute Gasteiger partial charge is 0.0801 e. The van der Waals surface area contributed by atoms with Crippen LogP contribution < -0.4 is 11.3 Å². The van der Waals surface area contributed by atoms with Gasteiger partial charge in [0, 0.05) is 7.11 Å². The minimum absolute atomic E-state index is 0.0332. The summed E-state index contributed by atoms with van der Waals surface area (Å²) in [7, 11) is 1.73.